The second-order valence-electron chi connectivity index (χ2n) is 9.10. The zero-order valence-corrected chi connectivity index (χ0v) is 21.1. The Kier molecular flexibility index (Phi) is 6.28. The highest BCUT2D eigenvalue weighted by Gasteiger charge is 2.25. The summed E-state index contributed by atoms with van der Waals surface area (Å²) in [6.07, 6.45) is 3.28. The van der Waals surface area contributed by atoms with Crippen molar-refractivity contribution in [1.29, 1.82) is 0 Å². The highest BCUT2D eigenvalue weighted by atomic mass is 32.1. The fourth-order valence-electron chi connectivity index (χ4n) is 5.31. The first-order valence-corrected chi connectivity index (χ1v) is 13.6. The smallest absolute Gasteiger partial charge is 0.219 e. The van der Waals surface area contributed by atoms with Gasteiger partial charge in [-0.05, 0) is 42.9 Å². The molecule has 1 saturated heterocycles. The van der Waals surface area contributed by atoms with Crippen molar-refractivity contribution in [1.82, 2.24) is 9.80 Å². The summed E-state index contributed by atoms with van der Waals surface area (Å²) in [5.74, 6) is 0.204. The minimum atomic E-state index is 0.204. The molecule has 2 aliphatic rings. The molecule has 1 fully saturated rings. The number of hydrogen-bond donors (Lipinski definition) is 0. The van der Waals surface area contributed by atoms with E-state index >= 15 is 0 Å². The monoisotopic (exact) mass is 467 g/mol. The summed E-state index contributed by atoms with van der Waals surface area (Å²) in [5, 5.41) is 3.77. The molecule has 0 saturated carbocycles. The zero-order valence-electron chi connectivity index (χ0n) is 19.4. The number of benzene rings is 1. The first-order chi connectivity index (χ1) is 15.5. The fraction of sp³-hybridized carbons (Fsp3) is 0.500. The lowest BCUT2D eigenvalue weighted by Gasteiger charge is -2.36. The molecule has 0 radical (unpaired) electrons. The first-order valence-electron chi connectivity index (χ1n) is 11.9. The summed E-state index contributed by atoms with van der Waals surface area (Å²) in [5.41, 5.74) is 5.93. The summed E-state index contributed by atoms with van der Waals surface area (Å²) in [6.45, 7) is 13.5. The van der Waals surface area contributed by atoms with Crippen LogP contribution in [0.3, 0.4) is 0 Å². The fourth-order valence-corrected chi connectivity index (χ4v) is 7.82. The van der Waals surface area contributed by atoms with Crippen LogP contribution in [-0.4, -0.2) is 55.0 Å². The maximum absolute atomic E-state index is 11.8. The molecule has 0 unspecified atom stereocenters. The van der Waals surface area contributed by atoms with Gasteiger partial charge in [-0.3, -0.25) is 9.69 Å². The molecule has 0 N–H and O–H groups in total. The van der Waals surface area contributed by atoms with E-state index in [2.05, 4.69) is 47.2 Å². The van der Waals surface area contributed by atoms with Crippen LogP contribution >= 0.6 is 22.7 Å². The molecule has 1 aromatic carbocycles. The van der Waals surface area contributed by atoms with E-state index in [0.29, 0.717) is 0 Å². The Morgan fingerprint density at radius 1 is 1.12 bits per heavy atom. The van der Waals surface area contributed by atoms with Crippen molar-refractivity contribution in [2.45, 2.75) is 46.6 Å². The predicted molar refractivity (Wildman–Crippen MR) is 137 cm³/mol. The van der Waals surface area contributed by atoms with Crippen LogP contribution in [0.25, 0.3) is 10.1 Å². The molecule has 2 aromatic heterocycles. The molecule has 5 rings (SSSR count). The number of carbonyl (C=O) groups excluding carboxylic acids is 1. The molecule has 2 aliphatic heterocycles. The third-order valence-corrected chi connectivity index (χ3v) is 9.63. The van der Waals surface area contributed by atoms with Crippen molar-refractivity contribution in [3.8, 4) is 0 Å². The van der Waals surface area contributed by atoms with Crippen LogP contribution in [0.4, 0.5) is 5.69 Å². The molecule has 32 heavy (non-hydrogen) atoms. The molecule has 4 heterocycles. The minimum Gasteiger partial charge on any atom is -0.368 e. The highest BCUT2D eigenvalue weighted by Crippen LogP contribution is 2.36. The molecule has 6 heteroatoms. The predicted octanol–water partition coefficient (Wildman–Crippen LogP) is 5.10. The number of thiophene rings is 2. The summed E-state index contributed by atoms with van der Waals surface area (Å²) in [7, 11) is 0. The van der Waals surface area contributed by atoms with Crippen LogP contribution in [0.1, 0.15) is 40.3 Å². The summed E-state index contributed by atoms with van der Waals surface area (Å²) >= 11 is 3.85. The molecular weight excluding hydrogens is 434 g/mol. The SMILES string of the molecule is CCc1c(CCN2CCN(c3csc4c(C)cccc34)CC2)sc2c1CCN(C(C)=O)C2. The molecule has 4 nitrogen and oxygen atoms in total. The Labute approximate surface area is 199 Å². The van der Waals surface area contributed by atoms with E-state index < -0.39 is 0 Å². The Hall–Kier alpha value is -1.89. The quantitative estimate of drug-likeness (QED) is 0.522. The lowest BCUT2D eigenvalue weighted by molar-refractivity contribution is -0.129. The Morgan fingerprint density at radius 3 is 2.69 bits per heavy atom. The lowest BCUT2D eigenvalue weighted by Crippen LogP contribution is -2.46. The number of nitrogens with zero attached hydrogens (tertiary/aromatic N) is 3. The van der Waals surface area contributed by atoms with E-state index in [1.165, 1.54) is 26.2 Å². The number of aryl methyl sites for hydroxylation is 1. The van der Waals surface area contributed by atoms with Crippen LogP contribution in [0.2, 0.25) is 0 Å². The van der Waals surface area contributed by atoms with E-state index in [1.54, 1.807) is 22.9 Å². The van der Waals surface area contributed by atoms with Gasteiger partial charge in [0, 0.05) is 71.4 Å². The molecule has 0 bridgehead atoms. The average Bonchev–Trinajstić information content (AvgIpc) is 3.39. The van der Waals surface area contributed by atoms with Crippen LogP contribution in [-0.2, 0) is 30.6 Å². The molecule has 170 valence electrons. The third-order valence-electron chi connectivity index (χ3n) is 7.19. The van der Waals surface area contributed by atoms with Crippen molar-refractivity contribution < 1.29 is 4.79 Å². The number of carbonyl (C=O) groups is 1. The van der Waals surface area contributed by atoms with E-state index in [-0.39, 0.29) is 5.91 Å². The van der Waals surface area contributed by atoms with E-state index in [0.717, 1.165) is 65.1 Å². The van der Waals surface area contributed by atoms with E-state index in [9.17, 15) is 4.79 Å². The van der Waals surface area contributed by atoms with Crippen molar-refractivity contribution in [2.24, 2.45) is 0 Å². The van der Waals surface area contributed by atoms with Gasteiger partial charge >= 0.3 is 0 Å². The second-order valence-corrected chi connectivity index (χ2v) is 11.2. The first kappa shape index (κ1) is 21.9. The van der Waals surface area contributed by atoms with Gasteiger partial charge in [-0.2, -0.15) is 0 Å². The number of piperazine rings is 1. The van der Waals surface area contributed by atoms with E-state index in [4.69, 9.17) is 0 Å². The lowest BCUT2D eigenvalue weighted by atomic mass is 9.99. The normalized spacial score (nSPS) is 17.2. The van der Waals surface area contributed by atoms with Gasteiger partial charge in [0.25, 0.3) is 0 Å². The van der Waals surface area contributed by atoms with Crippen LogP contribution in [0, 0.1) is 6.92 Å². The largest absolute Gasteiger partial charge is 0.368 e. The Balaban J connectivity index is 1.21. The Morgan fingerprint density at radius 2 is 1.94 bits per heavy atom. The molecule has 0 atom stereocenters. The molecule has 0 spiro atoms. The van der Waals surface area contributed by atoms with E-state index in [1.807, 2.05) is 27.6 Å². The third kappa shape index (κ3) is 4.09. The zero-order chi connectivity index (χ0) is 22.2. The number of rotatable bonds is 5. The molecule has 0 aliphatic carbocycles. The van der Waals surface area contributed by atoms with Crippen molar-refractivity contribution in [3.05, 3.63) is 50.0 Å². The van der Waals surface area contributed by atoms with Crippen molar-refractivity contribution >= 4 is 44.4 Å². The van der Waals surface area contributed by atoms with Crippen molar-refractivity contribution in [3.63, 3.8) is 0 Å². The summed E-state index contributed by atoms with van der Waals surface area (Å²) < 4.78 is 1.43. The topological polar surface area (TPSA) is 26.8 Å². The van der Waals surface area contributed by atoms with Gasteiger partial charge in [-0.15, -0.1) is 22.7 Å². The van der Waals surface area contributed by atoms with Gasteiger partial charge in [-0.1, -0.05) is 25.1 Å². The molecule has 1 amide bonds. The maximum Gasteiger partial charge on any atom is 0.219 e. The minimum absolute atomic E-state index is 0.204. The number of anilines is 1. The number of fused-ring (bicyclic) bond motifs is 2. The van der Waals surface area contributed by atoms with Crippen LogP contribution < -0.4 is 4.90 Å². The summed E-state index contributed by atoms with van der Waals surface area (Å²) in [4.78, 5) is 22.0. The second kappa shape index (κ2) is 9.16. The maximum atomic E-state index is 11.8. The van der Waals surface area contributed by atoms with Crippen LogP contribution in [0.15, 0.2) is 23.6 Å². The number of amides is 1. The average molecular weight is 468 g/mol. The van der Waals surface area contributed by atoms with Gasteiger partial charge in [0.05, 0.1) is 12.2 Å². The highest BCUT2D eigenvalue weighted by molar-refractivity contribution is 7.18. The van der Waals surface area contributed by atoms with Gasteiger partial charge in [0.15, 0.2) is 0 Å². The van der Waals surface area contributed by atoms with Crippen molar-refractivity contribution in [2.75, 3.05) is 44.2 Å². The number of hydrogen-bond acceptors (Lipinski definition) is 5. The van der Waals surface area contributed by atoms with Gasteiger partial charge in [0.2, 0.25) is 5.91 Å². The van der Waals surface area contributed by atoms with Gasteiger partial charge in [0.1, 0.15) is 0 Å². The van der Waals surface area contributed by atoms with Crippen LogP contribution in [0.5, 0.6) is 0 Å². The standard InChI is InChI=1S/C26H33N3OS2/c1-4-20-21-8-11-29(19(3)30)16-25(21)32-24(20)9-10-27-12-14-28(15-13-27)23-17-31-26-18(2)6-5-7-22(23)26/h5-7,17H,4,8-16H2,1-3H3. The van der Waals surface area contributed by atoms with Gasteiger partial charge in [-0.25, -0.2) is 0 Å². The van der Waals surface area contributed by atoms with Gasteiger partial charge < -0.3 is 9.80 Å². The summed E-state index contributed by atoms with van der Waals surface area (Å²) in [6, 6.07) is 6.68. The molecular formula is C26H33N3OS2. The molecule has 3 aromatic rings. The Bertz CT molecular complexity index is 1120.